The summed E-state index contributed by atoms with van der Waals surface area (Å²) < 4.78 is 10.8. The zero-order chi connectivity index (χ0) is 12.3. The van der Waals surface area contributed by atoms with Gasteiger partial charge in [0.2, 0.25) is 5.91 Å². The third-order valence-electron chi connectivity index (χ3n) is 2.89. The SMILES string of the molecule is COc1ccc2c(c1)C[C@H](CNC(C)=O)CO2. The predicted octanol–water partition coefficient (Wildman–Crippen LogP) is 1.38. The zero-order valence-corrected chi connectivity index (χ0v) is 10.2. The third-order valence-corrected chi connectivity index (χ3v) is 2.89. The second-order valence-electron chi connectivity index (χ2n) is 4.29. The van der Waals surface area contributed by atoms with Gasteiger partial charge >= 0.3 is 0 Å². The van der Waals surface area contributed by atoms with Crippen LogP contribution < -0.4 is 14.8 Å². The lowest BCUT2D eigenvalue weighted by atomic mass is 9.96. The van der Waals surface area contributed by atoms with Crippen LogP contribution in [0.1, 0.15) is 12.5 Å². The number of hydrogen-bond donors (Lipinski definition) is 1. The highest BCUT2D eigenvalue weighted by Crippen LogP contribution is 2.30. The van der Waals surface area contributed by atoms with Gasteiger partial charge < -0.3 is 14.8 Å². The van der Waals surface area contributed by atoms with Gasteiger partial charge in [-0.3, -0.25) is 4.79 Å². The smallest absolute Gasteiger partial charge is 0.216 e. The van der Waals surface area contributed by atoms with Crippen LogP contribution in [0, 0.1) is 5.92 Å². The molecule has 0 saturated heterocycles. The molecule has 1 amide bonds. The summed E-state index contributed by atoms with van der Waals surface area (Å²) in [6.45, 7) is 2.84. The lowest BCUT2D eigenvalue weighted by molar-refractivity contribution is -0.119. The number of methoxy groups -OCH3 is 1. The highest BCUT2D eigenvalue weighted by Gasteiger charge is 2.20. The van der Waals surface area contributed by atoms with Crippen LogP contribution in [0.5, 0.6) is 11.5 Å². The van der Waals surface area contributed by atoms with E-state index in [0.29, 0.717) is 19.1 Å². The molecule has 0 unspecified atom stereocenters. The van der Waals surface area contributed by atoms with Gasteiger partial charge in [0.05, 0.1) is 13.7 Å². The lowest BCUT2D eigenvalue weighted by Crippen LogP contribution is -2.33. The second-order valence-corrected chi connectivity index (χ2v) is 4.29. The molecule has 2 rings (SSSR count). The first-order valence-corrected chi connectivity index (χ1v) is 5.73. The Balaban J connectivity index is 2.03. The summed E-state index contributed by atoms with van der Waals surface area (Å²) in [5.74, 6) is 2.09. The highest BCUT2D eigenvalue weighted by atomic mass is 16.5. The molecule has 0 radical (unpaired) electrons. The zero-order valence-electron chi connectivity index (χ0n) is 10.2. The van der Waals surface area contributed by atoms with Gasteiger partial charge in [0, 0.05) is 19.4 Å². The average molecular weight is 235 g/mol. The Morgan fingerprint density at radius 1 is 1.59 bits per heavy atom. The molecular weight excluding hydrogens is 218 g/mol. The molecule has 17 heavy (non-hydrogen) atoms. The molecule has 0 spiro atoms. The summed E-state index contributed by atoms with van der Waals surface area (Å²) in [7, 11) is 1.65. The van der Waals surface area contributed by atoms with Gasteiger partial charge in [-0.15, -0.1) is 0 Å². The maximum absolute atomic E-state index is 10.9. The fourth-order valence-electron chi connectivity index (χ4n) is 1.98. The first-order valence-electron chi connectivity index (χ1n) is 5.73. The molecule has 1 aliphatic heterocycles. The van der Waals surface area contributed by atoms with E-state index in [4.69, 9.17) is 9.47 Å². The summed E-state index contributed by atoms with van der Waals surface area (Å²) in [5.41, 5.74) is 1.14. The van der Waals surface area contributed by atoms with Crippen molar-refractivity contribution in [2.45, 2.75) is 13.3 Å². The molecule has 1 aromatic rings. The summed E-state index contributed by atoms with van der Waals surface area (Å²) in [5, 5.41) is 2.82. The number of hydrogen-bond acceptors (Lipinski definition) is 3. The van der Waals surface area contributed by atoms with Crippen molar-refractivity contribution < 1.29 is 14.3 Å². The molecule has 1 aromatic carbocycles. The van der Waals surface area contributed by atoms with E-state index in [1.165, 1.54) is 6.92 Å². The second kappa shape index (κ2) is 5.08. The van der Waals surface area contributed by atoms with Crippen molar-refractivity contribution in [1.82, 2.24) is 5.32 Å². The molecule has 0 aromatic heterocycles. The molecule has 1 heterocycles. The maximum atomic E-state index is 10.9. The Hall–Kier alpha value is -1.71. The van der Waals surface area contributed by atoms with Crippen molar-refractivity contribution in [2.24, 2.45) is 5.92 Å². The van der Waals surface area contributed by atoms with E-state index < -0.39 is 0 Å². The lowest BCUT2D eigenvalue weighted by Gasteiger charge is -2.25. The molecular formula is C13H17NO3. The van der Waals surface area contributed by atoms with Crippen LogP contribution in [-0.4, -0.2) is 26.2 Å². The molecule has 1 N–H and O–H groups in total. The van der Waals surface area contributed by atoms with Gasteiger partial charge in [-0.25, -0.2) is 0 Å². The summed E-state index contributed by atoms with van der Waals surface area (Å²) >= 11 is 0. The van der Waals surface area contributed by atoms with Crippen molar-refractivity contribution in [2.75, 3.05) is 20.3 Å². The number of benzene rings is 1. The minimum Gasteiger partial charge on any atom is -0.497 e. The predicted molar refractivity (Wildman–Crippen MR) is 64.4 cm³/mol. The highest BCUT2D eigenvalue weighted by molar-refractivity contribution is 5.72. The Morgan fingerprint density at radius 3 is 3.12 bits per heavy atom. The fraction of sp³-hybridized carbons (Fsp3) is 0.462. The van der Waals surface area contributed by atoms with E-state index in [0.717, 1.165) is 23.5 Å². The number of carbonyl (C=O) groups excluding carboxylic acids is 1. The number of nitrogens with one attached hydrogen (secondary N) is 1. The number of rotatable bonds is 3. The minimum absolute atomic E-state index is 0.00133. The minimum atomic E-state index is 0.00133. The maximum Gasteiger partial charge on any atom is 0.216 e. The van der Waals surface area contributed by atoms with Gasteiger partial charge in [-0.05, 0) is 30.2 Å². The van der Waals surface area contributed by atoms with Crippen molar-refractivity contribution in [3.05, 3.63) is 23.8 Å². The van der Waals surface area contributed by atoms with Crippen LogP contribution in [0.4, 0.5) is 0 Å². The van der Waals surface area contributed by atoms with Crippen LogP contribution in [0.2, 0.25) is 0 Å². The monoisotopic (exact) mass is 235 g/mol. The van der Waals surface area contributed by atoms with Crippen molar-refractivity contribution >= 4 is 5.91 Å². The van der Waals surface area contributed by atoms with Crippen molar-refractivity contribution in [1.29, 1.82) is 0 Å². The molecule has 0 aliphatic carbocycles. The fourth-order valence-corrected chi connectivity index (χ4v) is 1.98. The molecule has 0 bridgehead atoms. The average Bonchev–Trinajstić information content (AvgIpc) is 2.35. The van der Waals surface area contributed by atoms with Gasteiger partial charge in [0.15, 0.2) is 0 Å². The quantitative estimate of drug-likeness (QED) is 0.861. The van der Waals surface area contributed by atoms with E-state index >= 15 is 0 Å². The van der Waals surface area contributed by atoms with Crippen LogP contribution in [0.25, 0.3) is 0 Å². The Morgan fingerprint density at radius 2 is 2.41 bits per heavy atom. The number of fused-ring (bicyclic) bond motifs is 1. The van der Waals surface area contributed by atoms with E-state index in [2.05, 4.69) is 5.32 Å². The number of carbonyl (C=O) groups is 1. The number of amides is 1. The van der Waals surface area contributed by atoms with E-state index in [-0.39, 0.29) is 5.91 Å². The van der Waals surface area contributed by atoms with Gasteiger partial charge in [-0.2, -0.15) is 0 Å². The van der Waals surface area contributed by atoms with Gasteiger partial charge in [0.25, 0.3) is 0 Å². The standard InChI is InChI=1S/C13H17NO3/c1-9(15)14-7-10-5-11-6-12(16-2)3-4-13(11)17-8-10/h3-4,6,10H,5,7-8H2,1-2H3,(H,14,15)/t10-/m1/s1. The molecule has 4 heteroatoms. The molecule has 1 aliphatic rings. The topological polar surface area (TPSA) is 47.6 Å². The molecule has 92 valence electrons. The van der Waals surface area contributed by atoms with E-state index in [9.17, 15) is 4.79 Å². The molecule has 4 nitrogen and oxygen atoms in total. The van der Waals surface area contributed by atoms with E-state index in [1.807, 2.05) is 18.2 Å². The van der Waals surface area contributed by atoms with Crippen LogP contribution in [-0.2, 0) is 11.2 Å². The first kappa shape index (κ1) is 11.8. The molecule has 0 saturated carbocycles. The largest absolute Gasteiger partial charge is 0.497 e. The summed E-state index contributed by atoms with van der Waals surface area (Å²) in [4.78, 5) is 10.9. The van der Waals surface area contributed by atoms with Gasteiger partial charge in [-0.1, -0.05) is 0 Å². The van der Waals surface area contributed by atoms with Crippen LogP contribution in [0.15, 0.2) is 18.2 Å². The van der Waals surface area contributed by atoms with Crippen molar-refractivity contribution in [3.63, 3.8) is 0 Å². The van der Waals surface area contributed by atoms with Gasteiger partial charge in [0.1, 0.15) is 11.5 Å². The van der Waals surface area contributed by atoms with Crippen LogP contribution >= 0.6 is 0 Å². The third kappa shape index (κ3) is 2.90. The van der Waals surface area contributed by atoms with Crippen LogP contribution in [0.3, 0.4) is 0 Å². The van der Waals surface area contributed by atoms with Crippen molar-refractivity contribution in [3.8, 4) is 11.5 Å². The Labute approximate surface area is 101 Å². The summed E-state index contributed by atoms with van der Waals surface area (Å²) in [6.07, 6.45) is 0.910. The Kier molecular flexibility index (Phi) is 3.52. The molecule has 1 atom stereocenters. The number of ether oxygens (including phenoxy) is 2. The molecule has 0 fully saturated rings. The summed E-state index contributed by atoms with van der Waals surface area (Å²) in [6, 6.07) is 5.82. The van der Waals surface area contributed by atoms with E-state index in [1.54, 1.807) is 7.11 Å². The first-order chi connectivity index (χ1) is 8.19. The Bertz CT molecular complexity index is 417. The normalized spacial score (nSPS) is 17.9.